The molecule has 0 radical (unpaired) electrons. The molecule has 2 rings (SSSR count). The molecule has 1 aliphatic heterocycles. The summed E-state index contributed by atoms with van der Waals surface area (Å²) in [4.78, 5) is 20.5. The monoisotopic (exact) mass is 246 g/mol. The van der Waals surface area contributed by atoms with Gasteiger partial charge in [0.15, 0.2) is 5.78 Å². The van der Waals surface area contributed by atoms with Crippen LogP contribution in [0.3, 0.4) is 0 Å². The number of nitro benzene ring substituents is 1. The maximum absolute atomic E-state index is 10.9. The molecule has 94 valence electrons. The number of nitrogens with zero attached hydrogens (tertiary/aromatic N) is 1. The molecular formula is C13H14N2O3. The Bertz CT molecular complexity index is 462. The summed E-state index contributed by atoms with van der Waals surface area (Å²) in [7, 11) is 0. The van der Waals surface area contributed by atoms with Gasteiger partial charge in [0.2, 0.25) is 0 Å². The van der Waals surface area contributed by atoms with E-state index in [-0.39, 0.29) is 11.5 Å². The molecule has 0 aliphatic carbocycles. The Morgan fingerprint density at radius 3 is 1.94 bits per heavy atom. The Morgan fingerprint density at radius 1 is 1.11 bits per heavy atom. The van der Waals surface area contributed by atoms with Gasteiger partial charge in [-0.3, -0.25) is 14.9 Å². The zero-order valence-corrected chi connectivity index (χ0v) is 9.89. The number of nitro groups is 1. The molecule has 0 spiro atoms. The first-order valence-electron chi connectivity index (χ1n) is 5.32. The summed E-state index contributed by atoms with van der Waals surface area (Å²) in [6.07, 6.45) is 0. The summed E-state index contributed by atoms with van der Waals surface area (Å²) in [6.45, 7) is 8.36. The third-order valence-corrected chi connectivity index (χ3v) is 2.29. The zero-order chi connectivity index (χ0) is 13.5. The van der Waals surface area contributed by atoms with Gasteiger partial charge < -0.3 is 5.32 Å². The molecule has 1 aromatic carbocycles. The number of hydrogen-bond acceptors (Lipinski definition) is 4. The highest BCUT2D eigenvalue weighted by Gasteiger charge is 2.15. The van der Waals surface area contributed by atoms with Gasteiger partial charge in [0.05, 0.1) is 4.92 Å². The first-order chi connectivity index (χ1) is 8.52. The first-order valence-corrected chi connectivity index (χ1v) is 5.32. The average Bonchev–Trinajstić information content (AvgIpc) is 2.38. The number of rotatable bonds is 1. The number of hydrogen-bond donors (Lipinski definition) is 1. The van der Waals surface area contributed by atoms with E-state index >= 15 is 0 Å². The topological polar surface area (TPSA) is 72.2 Å². The second-order valence-electron chi connectivity index (χ2n) is 3.73. The summed E-state index contributed by atoms with van der Waals surface area (Å²) in [5.74, 6) is 0.0220. The highest BCUT2D eigenvalue weighted by molar-refractivity contribution is 6.08. The van der Waals surface area contributed by atoms with Gasteiger partial charge >= 0.3 is 0 Å². The quantitative estimate of drug-likeness (QED) is 0.466. The number of non-ortho nitro benzene ring substituents is 1. The van der Waals surface area contributed by atoms with Crippen LogP contribution < -0.4 is 5.32 Å². The average molecular weight is 246 g/mol. The number of benzene rings is 1. The van der Waals surface area contributed by atoms with Gasteiger partial charge in [-0.25, -0.2) is 0 Å². The number of carbonyl (C=O) groups is 1. The van der Waals surface area contributed by atoms with Gasteiger partial charge in [-0.15, -0.1) is 0 Å². The molecule has 1 aromatic rings. The van der Waals surface area contributed by atoms with E-state index in [4.69, 9.17) is 0 Å². The third-order valence-electron chi connectivity index (χ3n) is 2.29. The molecule has 1 N–H and O–H groups in total. The van der Waals surface area contributed by atoms with Crippen molar-refractivity contribution in [2.24, 2.45) is 0 Å². The summed E-state index contributed by atoms with van der Waals surface area (Å²) in [5, 5.41) is 13.0. The lowest BCUT2D eigenvalue weighted by molar-refractivity contribution is -0.384. The molecule has 5 nitrogen and oxygen atoms in total. The van der Waals surface area contributed by atoms with Crippen molar-refractivity contribution in [3.8, 4) is 0 Å². The molecule has 0 aromatic heterocycles. The summed E-state index contributed by atoms with van der Waals surface area (Å²) in [6, 6.07) is 7.93. The fourth-order valence-corrected chi connectivity index (χ4v) is 1.32. The van der Waals surface area contributed by atoms with Crippen molar-refractivity contribution in [2.45, 2.75) is 0 Å². The normalized spacial score (nSPS) is 14.8. The van der Waals surface area contributed by atoms with Crippen LogP contribution in [0.15, 0.2) is 54.6 Å². The molecule has 5 heteroatoms. The Kier molecular flexibility index (Phi) is 4.95. The SMILES string of the molecule is C=C1CNCC(=C)C1=O.O=[N+]([O-])c1ccccc1. The van der Waals surface area contributed by atoms with Crippen molar-refractivity contribution in [3.05, 3.63) is 64.8 Å². The van der Waals surface area contributed by atoms with E-state index in [2.05, 4.69) is 18.5 Å². The van der Waals surface area contributed by atoms with Gasteiger partial charge in [-0.1, -0.05) is 31.4 Å². The number of nitrogens with one attached hydrogen (secondary N) is 1. The van der Waals surface area contributed by atoms with Crippen molar-refractivity contribution >= 4 is 11.5 Å². The fraction of sp³-hybridized carbons (Fsp3) is 0.154. The van der Waals surface area contributed by atoms with E-state index in [9.17, 15) is 14.9 Å². The maximum Gasteiger partial charge on any atom is 0.269 e. The molecule has 1 fully saturated rings. The Morgan fingerprint density at radius 2 is 1.61 bits per heavy atom. The van der Waals surface area contributed by atoms with Crippen molar-refractivity contribution in [1.29, 1.82) is 0 Å². The van der Waals surface area contributed by atoms with Crippen LogP contribution in [0.4, 0.5) is 5.69 Å². The predicted molar refractivity (Wildman–Crippen MR) is 69.3 cm³/mol. The van der Waals surface area contributed by atoms with Gasteiger partial charge in [-0.05, 0) is 0 Å². The smallest absolute Gasteiger partial charge is 0.269 e. The maximum atomic E-state index is 10.9. The van der Waals surface area contributed by atoms with Gasteiger partial charge in [-0.2, -0.15) is 0 Å². The summed E-state index contributed by atoms with van der Waals surface area (Å²) < 4.78 is 0. The van der Waals surface area contributed by atoms with E-state index in [0.29, 0.717) is 24.2 Å². The fourth-order valence-electron chi connectivity index (χ4n) is 1.32. The highest BCUT2D eigenvalue weighted by atomic mass is 16.6. The van der Waals surface area contributed by atoms with Crippen LogP contribution in [0.2, 0.25) is 0 Å². The second kappa shape index (κ2) is 6.46. The number of para-hydroxylation sites is 1. The number of carbonyl (C=O) groups excluding carboxylic acids is 1. The number of piperidine rings is 1. The van der Waals surface area contributed by atoms with Crippen molar-refractivity contribution in [3.63, 3.8) is 0 Å². The van der Waals surface area contributed by atoms with Crippen LogP contribution in [0.5, 0.6) is 0 Å². The van der Waals surface area contributed by atoms with Gasteiger partial charge in [0, 0.05) is 36.4 Å². The van der Waals surface area contributed by atoms with Crippen LogP contribution in [-0.4, -0.2) is 23.8 Å². The molecule has 1 aliphatic rings. The molecule has 0 saturated carbocycles. The summed E-state index contributed by atoms with van der Waals surface area (Å²) in [5.41, 5.74) is 1.37. The predicted octanol–water partition coefficient (Wildman–Crippen LogP) is 1.87. The third kappa shape index (κ3) is 3.95. The van der Waals surface area contributed by atoms with Crippen LogP contribution >= 0.6 is 0 Å². The van der Waals surface area contributed by atoms with Crippen molar-refractivity contribution < 1.29 is 9.72 Å². The van der Waals surface area contributed by atoms with E-state index in [1.807, 2.05) is 0 Å². The highest BCUT2D eigenvalue weighted by Crippen LogP contribution is 2.07. The van der Waals surface area contributed by atoms with Crippen molar-refractivity contribution in [1.82, 2.24) is 5.32 Å². The molecule has 18 heavy (non-hydrogen) atoms. The number of ketones is 1. The van der Waals surface area contributed by atoms with E-state index in [1.165, 1.54) is 12.1 Å². The van der Waals surface area contributed by atoms with Crippen molar-refractivity contribution in [2.75, 3.05) is 13.1 Å². The lowest BCUT2D eigenvalue weighted by atomic mass is 10.0. The molecule has 0 unspecified atom stereocenters. The Labute approximate surface area is 105 Å². The molecule has 1 saturated heterocycles. The number of Topliss-reactive ketones (excluding diaryl/α,β-unsaturated/α-hetero) is 1. The van der Waals surface area contributed by atoms with E-state index in [0.717, 1.165) is 0 Å². The molecule has 0 bridgehead atoms. The van der Waals surface area contributed by atoms with Gasteiger partial charge in [0.1, 0.15) is 0 Å². The summed E-state index contributed by atoms with van der Waals surface area (Å²) >= 11 is 0. The minimum Gasteiger partial charge on any atom is -0.308 e. The zero-order valence-electron chi connectivity index (χ0n) is 9.89. The second-order valence-corrected chi connectivity index (χ2v) is 3.73. The molecule has 1 heterocycles. The van der Waals surface area contributed by atoms with E-state index in [1.54, 1.807) is 18.2 Å². The van der Waals surface area contributed by atoms with Crippen LogP contribution in [0.1, 0.15) is 0 Å². The van der Waals surface area contributed by atoms with Crippen LogP contribution in [0, 0.1) is 10.1 Å². The first kappa shape index (κ1) is 13.8. The molecule has 0 atom stereocenters. The van der Waals surface area contributed by atoms with E-state index < -0.39 is 4.92 Å². The van der Waals surface area contributed by atoms with Gasteiger partial charge in [0.25, 0.3) is 5.69 Å². The minimum absolute atomic E-state index is 0.0220. The largest absolute Gasteiger partial charge is 0.308 e. The Hall–Kier alpha value is -2.27. The van der Waals surface area contributed by atoms with Crippen LogP contribution in [0.25, 0.3) is 0 Å². The standard InChI is InChI=1S/C7H9NO.C6H5NO2/c1-5-3-8-4-6(2)7(5)9;8-7(9)6-4-2-1-3-5-6/h8H,1-4H2;1-5H. The molecular weight excluding hydrogens is 232 g/mol. The molecule has 0 amide bonds. The Balaban J connectivity index is 0.000000180. The lowest BCUT2D eigenvalue weighted by Crippen LogP contribution is -2.31. The minimum atomic E-state index is -0.417. The van der Waals surface area contributed by atoms with Crippen LogP contribution in [-0.2, 0) is 4.79 Å². The lowest BCUT2D eigenvalue weighted by Gasteiger charge is -2.14.